The number of hydrogen-bond acceptors (Lipinski definition) is 3. The summed E-state index contributed by atoms with van der Waals surface area (Å²) in [5.74, 6) is 1.11. The Hall–Kier alpha value is -0.670. The molecule has 78 valence electrons. The van der Waals surface area contributed by atoms with Gasteiger partial charge in [0, 0.05) is 22.9 Å². The molecule has 3 N–H and O–H groups in total. The molecule has 0 aliphatic rings. The van der Waals surface area contributed by atoms with Crippen LogP contribution in [-0.2, 0) is 0 Å². The van der Waals surface area contributed by atoms with Crippen LogP contribution >= 0.6 is 11.8 Å². The van der Waals surface area contributed by atoms with Gasteiger partial charge in [-0.25, -0.2) is 0 Å². The highest BCUT2D eigenvalue weighted by atomic mass is 32.2. The third-order valence-electron chi connectivity index (χ3n) is 2.04. The van der Waals surface area contributed by atoms with Crippen LogP contribution in [0.1, 0.15) is 12.5 Å². The summed E-state index contributed by atoms with van der Waals surface area (Å²) < 4.78 is 0. The van der Waals surface area contributed by atoms with Crippen molar-refractivity contribution in [3.63, 3.8) is 0 Å². The highest BCUT2D eigenvalue weighted by Crippen LogP contribution is 2.21. The van der Waals surface area contributed by atoms with E-state index in [1.165, 1.54) is 10.5 Å². The minimum atomic E-state index is 0.876. The predicted octanol–water partition coefficient (Wildman–Crippen LogP) is 2.28. The van der Waals surface area contributed by atoms with Crippen LogP contribution in [0.5, 0.6) is 0 Å². The van der Waals surface area contributed by atoms with E-state index in [4.69, 9.17) is 5.73 Å². The Morgan fingerprint density at radius 1 is 1.43 bits per heavy atom. The predicted molar refractivity (Wildman–Crippen MR) is 64.9 cm³/mol. The molecule has 0 fully saturated rings. The fourth-order valence-electron chi connectivity index (χ4n) is 1.16. The fraction of sp³-hybridized carbons (Fsp3) is 0.455. The van der Waals surface area contributed by atoms with E-state index in [9.17, 15) is 0 Å². The smallest absolute Gasteiger partial charge is 0.0344 e. The Balaban J connectivity index is 2.39. The number of nitrogen functional groups attached to an aromatic ring is 1. The normalized spacial score (nSPS) is 10.4. The van der Waals surface area contributed by atoms with Crippen molar-refractivity contribution in [3.8, 4) is 0 Å². The summed E-state index contributed by atoms with van der Waals surface area (Å²) in [6, 6.07) is 6.20. The van der Waals surface area contributed by atoms with Gasteiger partial charge in [0.05, 0.1) is 0 Å². The maximum absolute atomic E-state index is 5.74. The van der Waals surface area contributed by atoms with Crippen LogP contribution in [0, 0.1) is 6.92 Å². The second-order valence-electron chi connectivity index (χ2n) is 3.22. The van der Waals surface area contributed by atoms with Gasteiger partial charge in [0.1, 0.15) is 0 Å². The van der Waals surface area contributed by atoms with Gasteiger partial charge in [-0.15, -0.1) is 11.8 Å². The lowest BCUT2D eigenvalue weighted by Gasteiger charge is -2.05. The van der Waals surface area contributed by atoms with E-state index in [1.54, 1.807) is 0 Å². The van der Waals surface area contributed by atoms with Crippen LogP contribution < -0.4 is 11.1 Å². The van der Waals surface area contributed by atoms with Crippen molar-refractivity contribution in [1.82, 2.24) is 5.32 Å². The average Bonchev–Trinajstić information content (AvgIpc) is 2.18. The molecule has 1 rings (SSSR count). The molecule has 0 saturated heterocycles. The molecule has 0 atom stereocenters. The lowest BCUT2D eigenvalue weighted by Crippen LogP contribution is -2.15. The summed E-state index contributed by atoms with van der Waals surface area (Å²) >= 11 is 1.87. The molecule has 0 aliphatic heterocycles. The molecule has 14 heavy (non-hydrogen) atoms. The number of rotatable bonds is 5. The van der Waals surface area contributed by atoms with Crippen molar-refractivity contribution in [1.29, 1.82) is 0 Å². The molecule has 0 spiro atoms. The van der Waals surface area contributed by atoms with E-state index in [0.29, 0.717) is 0 Å². The topological polar surface area (TPSA) is 38.0 Å². The number of benzene rings is 1. The number of hydrogen-bond donors (Lipinski definition) is 2. The zero-order valence-electron chi connectivity index (χ0n) is 8.84. The first kappa shape index (κ1) is 11.4. The van der Waals surface area contributed by atoms with Crippen LogP contribution in [0.2, 0.25) is 0 Å². The van der Waals surface area contributed by atoms with Gasteiger partial charge in [0.2, 0.25) is 0 Å². The first-order chi connectivity index (χ1) is 6.74. The van der Waals surface area contributed by atoms with Crippen LogP contribution in [0.25, 0.3) is 0 Å². The van der Waals surface area contributed by atoms with Crippen molar-refractivity contribution >= 4 is 17.4 Å². The average molecular weight is 210 g/mol. The number of aryl methyl sites for hydroxylation is 1. The van der Waals surface area contributed by atoms with Gasteiger partial charge in [-0.05, 0) is 37.2 Å². The number of nitrogens with one attached hydrogen (secondary N) is 1. The third kappa shape index (κ3) is 3.60. The molecular formula is C11H18N2S. The molecule has 0 aliphatic carbocycles. The molecular weight excluding hydrogens is 192 g/mol. The molecule has 2 nitrogen and oxygen atoms in total. The van der Waals surface area contributed by atoms with Crippen LogP contribution in [0.3, 0.4) is 0 Å². The lowest BCUT2D eigenvalue weighted by atomic mass is 10.2. The highest BCUT2D eigenvalue weighted by molar-refractivity contribution is 7.99. The number of anilines is 1. The largest absolute Gasteiger partial charge is 0.399 e. The maximum atomic E-state index is 5.74. The number of thioether (sulfide) groups is 1. The molecule has 0 radical (unpaired) electrons. The van der Waals surface area contributed by atoms with E-state index in [-0.39, 0.29) is 0 Å². The summed E-state index contributed by atoms with van der Waals surface area (Å²) in [5, 5.41) is 3.30. The van der Waals surface area contributed by atoms with Gasteiger partial charge in [-0.2, -0.15) is 0 Å². The molecule has 0 bridgehead atoms. The van der Waals surface area contributed by atoms with E-state index in [2.05, 4.69) is 24.4 Å². The van der Waals surface area contributed by atoms with Crippen LogP contribution in [0.4, 0.5) is 5.69 Å². The Labute approximate surface area is 90.3 Å². The zero-order chi connectivity index (χ0) is 10.4. The Kier molecular flexibility index (Phi) is 4.84. The van der Waals surface area contributed by atoms with Gasteiger partial charge in [-0.1, -0.05) is 6.92 Å². The van der Waals surface area contributed by atoms with Gasteiger partial charge < -0.3 is 11.1 Å². The van der Waals surface area contributed by atoms with Crippen molar-refractivity contribution in [2.45, 2.75) is 18.7 Å². The molecule has 3 heteroatoms. The standard InChI is InChI=1S/C11H18N2S/c1-3-13-6-7-14-10-4-5-11(12)9(2)8-10/h4-5,8,13H,3,6-7,12H2,1-2H3. The zero-order valence-corrected chi connectivity index (χ0v) is 9.66. The summed E-state index contributed by atoms with van der Waals surface area (Å²) in [4.78, 5) is 1.30. The first-order valence-corrected chi connectivity index (χ1v) is 5.92. The maximum Gasteiger partial charge on any atom is 0.0344 e. The van der Waals surface area contributed by atoms with Gasteiger partial charge >= 0.3 is 0 Å². The van der Waals surface area contributed by atoms with Crippen molar-refractivity contribution in [2.24, 2.45) is 0 Å². The summed E-state index contributed by atoms with van der Waals surface area (Å²) in [6.07, 6.45) is 0. The Morgan fingerprint density at radius 2 is 2.21 bits per heavy atom. The minimum absolute atomic E-state index is 0.876. The molecule has 0 heterocycles. The fourth-order valence-corrected chi connectivity index (χ4v) is 2.06. The molecule has 1 aromatic rings. The monoisotopic (exact) mass is 210 g/mol. The summed E-state index contributed by atoms with van der Waals surface area (Å²) in [7, 11) is 0. The molecule has 0 amide bonds. The molecule has 1 aromatic carbocycles. The van der Waals surface area contributed by atoms with Gasteiger partial charge in [0.15, 0.2) is 0 Å². The van der Waals surface area contributed by atoms with Crippen molar-refractivity contribution in [2.75, 3.05) is 24.6 Å². The van der Waals surface area contributed by atoms with E-state index < -0.39 is 0 Å². The Bertz CT molecular complexity index is 287. The quantitative estimate of drug-likeness (QED) is 0.445. The van der Waals surface area contributed by atoms with Crippen molar-refractivity contribution < 1.29 is 0 Å². The second kappa shape index (κ2) is 5.94. The van der Waals surface area contributed by atoms with E-state index in [0.717, 1.165) is 24.5 Å². The number of nitrogens with two attached hydrogens (primary N) is 1. The minimum Gasteiger partial charge on any atom is -0.399 e. The summed E-state index contributed by atoms with van der Waals surface area (Å²) in [6.45, 7) is 6.27. The van der Waals surface area contributed by atoms with Gasteiger partial charge in [0.25, 0.3) is 0 Å². The second-order valence-corrected chi connectivity index (χ2v) is 4.39. The van der Waals surface area contributed by atoms with E-state index in [1.807, 2.05) is 24.8 Å². The first-order valence-electron chi connectivity index (χ1n) is 4.93. The van der Waals surface area contributed by atoms with Gasteiger partial charge in [-0.3, -0.25) is 0 Å². The highest BCUT2D eigenvalue weighted by Gasteiger charge is 1.96. The lowest BCUT2D eigenvalue weighted by molar-refractivity contribution is 0.768. The summed E-state index contributed by atoms with van der Waals surface area (Å²) in [5.41, 5.74) is 7.78. The molecule has 0 aromatic heterocycles. The van der Waals surface area contributed by atoms with E-state index >= 15 is 0 Å². The van der Waals surface area contributed by atoms with Crippen molar-refractivity contribution in [3.05, 3.63) is 23.8 Å². The van der Waals surface area contributed by atoms with Crippen LogP contribution in [0.15, 0.2) is 23.1 Å². The molecule has 0 unspecified atom stereocenters. The third-order valence-corrected chi connectivity index (χ3v) is 3.03. The Morgan fingerprint density at radius 3 is 2.86 bits per heavy atom. The van der Waals surface area contributed by atoms with Crippen LogP contribution in [-0.4, -0.2) is 18.8 Å². The SMILES string of the molecule is CCNCCSc1ccc(N)c(C)c1. The molecule has 0 saturated carbocycles.